The second-order valence-electron chi connectivity index (χ2n) is 5.36. The van der Waals surface area contributed by atoms with Crippen LogP contribution >= 0.6 is 0 Å². The lowest BCUT2D eigenvalue weighted by atomic mass is 10.0. The molecule has 3 nitrogen and oxygen atoms in total. The lowest BCUT2D eigenvalue weighted by Crippen LogP contribution is -2.16. The third-order valence-electron chi connectivity index (χ3n) is 4.23. The van der Waals surface area contributed by atoms with Crippen molar-refractivity contribution < 1.29 is 9.18 Å². The highest BCUT2D eigenvalue weighted by Gasteiger charge is 2.54. The van der Waals surface area contributed by atoms with Gasteiger partial charge in [0.05, 0.1) is 11.4 Å². The van der Waals surface area contributed by atoms with E-state index in [2.05, 4.69) is 5.32 Å². The lowest BCUT2D eigenvalue weighted by Gasteiger charge is -2.07. The number of fused-ring (bicyclic) bond motifs is 1. The molecule has 2 aliphatic rings. The van der Waals surface area contributed by atoms with Crippen molar-refractivity contribution in [3.8, 4) is 0 Å². The Morgan fingerprint density at radius 1 is 1.28 bits per heavy atom. The number of nitrogens with one attached hydrogen (secondary N) is 1. The van der Waals surface area contributed by atoms with E-state index < -0.39 is 0 Å². The molecule has 0 saturated heterocycles. The molecule has 0 spiro atoms. The van der Waals surface area contributed by atoms with E-state index in [9.17, 15) is 9.18 Å². The van der Waals surface area contributed by atoms with Gasteiger partial charge in [0.25, 0.3) is 0 Å². The van der Waals surface area contributed by atoms with Gasteiger partial charge in [0.1, 0.15) is 5.82 Å². The van der Waals surface area contributed by atoms with Crippen molar-refractivity contribution in [3.63, 3.8) is 0 Å². The van der Waals surface area contributed by atoms with E-state index in [-0.39, 0.29) is 23.3 Å². The average Bonchev–Trinajstić information content (AvgIpc) is 3.07. The van der Waals surface area contributed by atoms with Crippen molar-refractivity contribution in [3.05, 3.63) is 24.0 Å². The number of nitrogen functional groups attached to an aromatic ring is 1. The Morgan fingerprint density at radius 2 is 1.94 bits per heavy atom. The van der Waals surface area contributed by atoms with Gasteiger partial charge in [-0.15, -0.1) is 0 Å². The van der Waals surface area contributed by atoms with Gasteiger partial charge in [-0.2, -0.15) is 0 Å². The molecule has 2 fully saturated rings. The van der Waals surface area contributed by atoms with Crippen molar-refractivity contribution >= 4 is 17.3 Å². The van der Waals surface area contributed by atoms with Crippen LogP contribution in [0.4, 0.5) is 15.8 Å². The van der Waals surface area contributed by atoms with Gasteiger partial charge in [0.15, 0.2) is 0 Å². The summed E-state index contributed by atoms with van der Waals surface area (Å²) in [7, 11) is 0. The first-order chi connectivity index (χ1) is 8.66. The van der Waals surface area contributed by atoms with Gasteiger partial charge in [-0.05, 0) is 42.9 Å². The molecule has 2 saturated carbocycles. The fourth-order valence-corrected chi connectivity index (χ4v) is 3.24. The van der Waals surface area contributed by atoms with Crippen LogP contribution < -0.4 is 11.1 Å². The predicted octanol–water partition coefficient (Wildman–Crippen LogP) is 2.78. The molecule has 0 heterocycles. The largest absolute Gasteiger partial charge is 0.397 e. The van der Waals surface area contributed by atoms with E-state index in [1.54, 1.807) is 0 Å². The Balaban J connectivity index is 1.68. The maximum atomic E-state index is 12.9. The highest BCUT2D eigenvalue weighted by molar-refractivity contribution is 5.97. The van der Waals surface area contributed by atoms with E-state index in [4.69, 9.17) is 5.73 Å². The molecular formula is C14H17FN2O. The summed E-state index contributed by atoms with van der Waals surface area (Å²) in [5.74, 6) is 0.952. The lowest BCUT2D eigenvalue weighted by molar-refractivity contribution is -0.117. The quantitative estimate of drug-likeness (QED) is 0.791. The Labute approximate surface area is 106 Å². The van der Waals surface area contributed by atoms with Gasteiger partial charge < -0.3 is 11.1 Å². The molecule has 3 N–H and O–H groups in total. The molecule has 3 rings (SSSR count). The molecule has 0 radical (unpaired) electrons. The monoisotopic (exact) mass is 248 g/mol. The van der Waals surface area contributed by atoms with Crippen LogP contribution in [0.15, 0.2) is 18.2 Å². The summed E-state index contributed by atoms with van der Waals surface area (Å²) in [6.07, 6.45) is 4.82. The third kappa shape index (κ3) is 1.96. The minimum atomic E-state index is -0.384. The maximum Gasteiger partial charge on any atom is 0.228 e. The minimum Gasteiger partial charge on any atom is -0.397 e. The number of amides is 1. The van der Waals surface area contributed by atoms with Gasteiger partial charge >= 0.3 is 0 Å². The highest BCUT2D eigenvalue weighted by Crippen LogP contribution is 2.55. The van der Waals surface area contributed by atoms with E-state index in [1.165, 1.54) is 43.9 Å². The zero-order chi connectivity index (χ0) is 12.7. The zero-order valence-corrected chi connectivity index (χ0v) is 10.2. The molecule has 2 aliphatic carbocycles. The highest BCUT2D eigenvalue weighted by atomic mass is 19.1. The third-order valence-corrected chi connectivity index (χ3v) is 4.23. The topological polar surface area (TPSA) is 55.1 Å². The Kier molecular flexibility index (Phi) is 2.73. The summed E-state index contributed by atoms with van der Waals surface area (Å²) in [5.41, 5.74) is 6.48. The first-order valence-corrected chi connectivity index (χ1v) is 6.52. The normalized spacial score (nSPS) is 29.5. The molecule has 18 heavy (non-hydrogen) atoms. The Hall–Kier alpha value is -1.58. The van der Waals surface area contributed by atoms with Crippen molar-refractivity contribution in [1.29, 1.82) is 0 Å². The molecule has 1 aromatic rings. The van der Waals surface area contributed by atoms with Crippen molar-refractivity contribution in [2.75, 3.05) is 11.1 Å². The molecule has 96 valence electrons. The number of carbonyl (C=O) groups excluding carboxylic acids is 1. The fourth-order valence-electron chi connectivity index (χ4n) is 3.24. The molecule has 0 aromatic heterocycles. The summed E-state index contributed by atoms with van der Waals surface area (Å²) in [5, 5.41) is 2.83. The van der Waals surface area contributed by atoms with Crippen LogP contribution in [-0.4, -0.2) is 5.91 Å². The van der Waals surface area contributed by atoms with Crippen molar-refractivity contribution in [1.82, 2.24) is 0 Å². The average molecular weight is 248 g/mol. The SMILES string of the molecule is Nc1cc(F)ccc1NC(=O)C1C2CCCCC21. The van der Waals surface area contributed by atoms with Crippen LogP contribution in [0.5, 0.6) is 0 Å². The maximum absolute atomic E-state index is 12.9. The molecule has 4 heteroatoms. The van der Waals surface area contributed by atoms with Gasteiger partial charge in [-0.1, -0.05) is 12.8 Å². The number of anilines is 2. The number of halogens is 1. The number of hydrogen-bond acceptors (Lipinski definition) is 2. The molecular weight excluding hydrogens is 231 g/mol. The second-order valence-corrected chi connectivity index (χ2v) is 5.36. The smallest absolute Gasteiger partial charge is 0.228 e. The zero-order valence-electron chi connectivity index (χ0n) is 10.2. The molecule has 2 atom stereocenters. The van der Waals surface area contributed by atoms with Gasteiger partial charge in [0.2, 0.25) is 5.91 Å². The number of hydrogen-bond donors (Lipinski definition) is 2. The first kappa shape index (κ1) is 11.5. The van der Waals surface area contributed by atoms with Crippen LogP contribution in [0.25, 0.3) is 0 Å². The van der Waals surface area contributed by atoms with Crippen LogP contribution in [-0.2, 0) is 4.79 Å². The minimum absolute atomic E-state index is 0.0465. The first-order valence-electron chi connectivity index (χ1n) is 6.52. The van der Waals surface area contributed by atoms with E-state index in [1.807, 2.05) is 0 Å². The second kappa shape index (κ2) is 4.26. The van der Waals surface area contributed by atoms with Crippen LogP contribution in [0.2, 0.25) is 0 Å². The van der Waals surface area contributed by atoms with Crippen LogP contribution in [0.1, 0.15) is 25.7 Å². The van der Waals surface area contributed by atoms with Crippen molar-refractivity contribution in [2.24, 2.45) is 17.8 Å². The molecule has 0 bridgehead atoms. The Morgan fingerprint density at radius 3 is 2.56 bits per heavy atom. The van der Waals surface area contributed by atoms with Gasteiger partial charge in [0, 0.05) is 5.92 Å². The van der Waals surface area contributed by atoms with Crippen LogP contribution in [0.3, 0.4) is 0 Å². The molecule has 1 aromatic carbocycles. The van der Waals surface area contributed by atoms with E-state index in [0.29, 0.717) is 17.5 Å². The summed E-state index contributed by atoms with van der Waals surface area (Å²) >= 11 is 0. The van der Waals surface area contributed by atoms with Crippen LogP contribution in [0, 0.1) is 23.6 Å². The summed E-state index contributed by atoms with van der Waals surface area (Å²) in [6, 6.07) is 4.07. The van der Waals surface area contributed by atoms with E-state index >= 15 is 0 Å². The summed E-state index contributed by atoms with van der Waals surface area (Å²) < 4.78 is 12.9. The Bertz CT molecular complexity index is 477. The standard InChI is InChI=1S/C14H17FN2O/c15-8-5-6-12(11(16)7-8)17-14(18)13-9-3-1-2-4-10(9)13/h5-7,9-10,13H,1-4,16H2,(H,17,18). The van der Waals surface area contributed by atoms with Crippen molar-refractivity contribution in [2.45, 2.75) is 25.7 Å². The number of benzene rings is 1. The van der Waals surface area contributed by atoms with Gasteiger partial charge in [-0.25, -0.2) is 4.39 Å². The summed E-state index contributed by atoms with van der Waals surface area (Å²) in [4.78, 5) is 12.1. The van der Waals surface area contributed by atoms with E-state index in [0.717, 1.165) is 0 Å². The predicted molar refractivity (Wildman–Crippen MR) is 68.4 cm³/mol. The number of carbonyl (C=O) groups is 1. The molecule has 1 amide bonds. The molecule has 2 unspecified atom stereocenters. The van der Waals surface area contributed by atoms with Gasteiger partial charge in [-0.3, -0.25) is 4.79 Å². The number of rotatable bonds is 2. The summed E-state index contributed by atoms with van der Waals surface area (Å²) in [6.45, 7) is 0. The number of nitrogens with two attached hydrogens (primary N) is 1. The molecule has 0 aliphatic heterocycles. The fraction of sp³-hybridized carbons (Fsp3) is 0.500.